The van der Waals surface area contributed by atoms with Gasteiger partial charge in [0, 0.05) is 25.2 Å². The molecule has 0 bridgehead atoms. The highest BCUT2D eigenvalue weighted by Gasteiger charge is 2.54. The third-order valence-electron chi connectivity index (χ3n) is 5.41. The van der Waals surface area contributed by atoms with E-state index >= 15 is 0 Å². The molecule has 2 fully saturated rings. The van der Waals surface area contributed by atoms with Gasteiger partial charge in [0.25, 0.3) is 0 Å². The van der Waals surface area contributed by atoms with Crippen LogP contribution in [0.15, 0.2) is 30.3 Å². The van der Waals surface area contributed by atoms with Gasteiger partial charge in [-0.25, -0.2) is 4.79 Å². The second-order valence-electron chi connectivity index (χ2n) is 8.80. The number of phenols is 1. The van der Waals surface area contributed by atoms with Crippen molar-refractivity contribution in [3.05, 3.63) is 30.3 Å². The Hall–Kier alpha value is -3.03. The van der Waals surface area contributed by atoms with Gasteiger partial charge in [0.05, 0.1) is 16.9 Å². The molecule has 29 heavy (non-hydrogen) atoms. The molecular weight excluding hydrogens is 370 g/mol. The topological polar surface area (TPSA) is 105 Å². The summed E-state index contributed by atoms with van der Waals surface area (Å²) in [7, 11) is 0. The molecule has 1 amide bonds. The monoisotopic (exact) mass is 397 g/mol. The Kier molecular flexibility index (Phi) is 4.52. The summed E-state index contributed by atoms with van der Waals surface area (Å²) in [4.78, 5) is 16.7. The average Bonchev–Trinajstić information content (AvgIpc) is 3.40. The quantitative estimate of drug-likeness (QED) is 0.802. The first-order chi connectivity index (χ1) is 13.7. The van der Waals surface area contributed by atoms with Crippen LogP contribution in [-0.4, -0.2) is 57.1 Å². The number of nitrogen functional groups attached to an aromatic ring is 1. The van der Waals surface area contributed by atoms with Crippen molar-refractivity contribution >= 4 is 17.6 Å². The number of hydrogen-bond donors (Lipinski definition) is 2. The number of amides is 1. The van der Waals surface area contributed by atoms with Crippen LogP contribution in [0.5, 0.6) is 5.75 Å². The number of aromatic nitrogens is 2. The van der Waals surface area contributed by atoms with E-state index in [2.05, 4.69) is 15.1 Å². The summed E-state index contributed by atoms with van der Waals surface area (Å²) in [6, 6.07) is 8.87. The molecule has 4 rings (SSSR count). The number of nitrogens with zero attached hydrogens (tertiary/aromatic N) is 4. The maximum atomic E-state index is 12.7. The standard InChI is InChI=1S/C21H27N5O3/c1-20(2,3)29-19(28)26-11-10-25(13-21(26)8-9-21)16-12-15(23-24-18(16)22)14-6-4-5-7-17(14)27/h4-7,12,27H,8-11,13H2,1-3H3,(H2,22,24). The van der Waals surface area contributed by atoms with Crippen LogP contribution in [0.1, 0.15) is 33.6 Å². The highest BCUT2D eigenvalue weighted by atomic mass is 16.6. The van der Waals surface area contributed by atoms with Gasteiger partial charge in [-0.3, -0.25) is 4.90 Å². The zero-order chi connectivity index (χ0) is 20.8. The van der Waals surface area contributed by atoms with E-state index in [1.807, 2.05) is 37.8 Å². The van der Waals surface area contributed by atoms with Crippen LogP contribution in [0, 0.1) is 0 Å². The molecule has 3 N–H and O–H groups in total. The summed E-state index contributed by atoms with van der Waals surface area (Å²) >= 11 is 0. The Morgan fingerprint density at radius 2 is 1.93 bits per heavy atom. The molecule has 0 unspecified atom stereocenters. The third-order valence-corrected chi connectivity index (χ3v) is 5.41. The predicted octanol–water partition coefficient (Wildman–Crippen LogP) is 3.02. The molecule has 1 aliphatic carbocycles. The van der Waals surface area contributed by atoms with Gasteiger partial charge in [0.1, 0.15) is 11.4 Å². The Balaban J connectivity index is 1.58. The summed E-state index contributed by atoms with van der Waals surface area (Å²) in [5.74, 6) is 0.483. The van der Waals surface area contributed by atoms with Crippen molar-refractivity contribution in [2.45, 2.75) is 44.8 Å². The first-order valence-corrected chi connectivity index (χ1v) is 9.86. The number of ether oxygens (including phenoxy) is 1. The Morgan fingerprint density at radius 1 is 1.21 bits per heavy atom. The largest absolute Gasteiger partial charge is 0.507 e. The third kappa shape index (κ3) is 3.79. The van der Waals surface area contributed by atoms with Gasteiger partial charge in [-0.15, -0.1) is 10.2 Å². The normalized spacial score (nSPS) is 18.0. The zero-order valence-electron chi connectivity index (χ0n) is 17.1. The number of hydrogen-bond acceptors (Lipinski definition) is 7. The minimum absolute atomic E-state index is 0.144. The number of carbonyl (C=O) groups excluding carboxylic acids is 1. The van der Waals surface area contributed by atoms with Gasteiger partial charge in [-0.1, -0.05) is 12.1 Å². The Labute approximate surface area is 170 Å². The van der Waals surface area contributed by atoms with Crippen LogP contribution in [0.2, 0.25) is 0 Å². The van der Waals surface area contributed by atoms with Gasteiger partial charge < -0.3 is 20.5 Å². The zero-order valence-corrected chi connectivity index (χ0v) is 17.1. The van der Waals surface area contributed by atoms with E-state index in [4.69, 9.17) is 10.5 Å². The molecule has 1 saturated carbocycles. The van der Waals surface area contributed by atoms with Crippen LogP contribution in [0.3, 0.4) is 0 Å². The average molecular weight is 397 g/mol. The molecule has 2 aromatic rings. The smallest absolute Gasteiger partial charge is 0.410 e. The van der Waals surface area contributed by atoms with E-state index in [1.165, 1.54) is 0 Å². The fraction of sp³-hybridized carbons (Fsp3) is 0.476. The molecule has 0 radical (unpaired) electrons. The van der Waals surface area contributed by atoms with Crippen molar-refractivity contribution in [3.8, 4) is 17.0 Å². The second-order valence-corrected chi connectivity index (χ2v) is 8.80. The molecule has 1 aromatic heterocycles. The lowest BCUT2D eigenvalue weighted by Crippen LogP contribution is -2.58. The first kappa shape index (κ1) is 19.3. The van der Waals surface area contributed by atoms with Crippen LogP contribution < -0.4 is 10.6 Å². The van der Waals surface area contributed by atoms with Crippen molar-refractivity contribution < 1.29 is 14.6 Å². The van der Waals surface area contributed by atoms with Crippen molar-refractivity contribution in [2.24, 2.45) is 0 Å². The fourth-order valence-electron chi connectivity index (χ4n) is 3.82. The van der Waals surface area contributed by atoms with Crippen LogP contribution in [-0.2, 0) is 4.74 Å². The van der Waals surface area contributed by atoms with E-state index in [0.29, 0.717) is 36.7 Å². The first-order valence-electron chi connectivity index (χ1n) is 9.86. The maximum absolute atomic E-state index is 12.7. The summed E-state index contributed by atoms with van der Waals surface area (Å²) < 4.78 is 5.60. The van der Waals surface area contributed by atoms with Crippen molar-refractivity contribution in [1.29, 1.82) is 0 Å². The van der Waals surface area contributed by atoms with Crippen LogP contribution in [0.25, 0.3) is 11.3 Å². The summed E-state index contributed by atoms with van der Waals surface area (Å²) in [6.45, 7) is 7.49. The SMILES string of the molecule is CC(C)(C)OC(=O)N1CCN(c2cc(-c3ccccc3O)nnc2N)CC12CC2. The van der Waals surface area contributed by atoms with Crippen molar-refractivity contribution in [2.75, 3.05) is 30.3 Å². The molecule has 8 heteroatoms. The van der Waals surface area contributed by atoms with E-state index in [1.54, 1.807) is 18.2 Å². The minimum atomic E-state index is -0.518. The number of aromatic hydroxyl groups is 1. The molecule has 1 aromatic carbocycles. The minimum Gasteiger partial charge on any atom is -0.507 e. The lowest BCUT2D eigenvalue weighted by molar-refractivity contribution is 0.0107. The number of benzene rings is 1. The van der Waals surface area contributed by atoms with Crippen LogP contribution in [0.4, 0.5) is 16.3 Å². The fourth-order valence-corrected chi connectivity index (χ4v) is 3.82. The molecule has 1 spiro atoms. The maximum Gasteiger partial charge on any atom is 0.410 e. The van der Waals surface area contributed by atoms with Gasteiger partial charge in [-0.2, -0.15) is 0 Å². The predicted molar refractivity (Wildman–Crippen MR) is 111 cm³/mol. The molecule has 0 atom stereocenters. The Bertz CT molecular complexity index is 936. The van der Waals surface area contributed by atoms with E-state index in [9.17, 15) is 9.90 Å². The number of para-hydroxylation sites is 1. The highest BCUT2D eigenvalue weighted by Crippen LogP contribution is 2.46. The number of phenolic OH excluding ortho intramolecular Hbond substituents is 1. The highest BCUT2D eigenvalue weighted by molar-refractivity contribution is 5.75. The molecule has 1 saturated heterocycles. The van der Waals surface area contributed by atoms with Crippen molar-refractivity contribution in [3.63, 3.8) is 0 Å². The van der Waals surface area contributed by atoms with Gasteiger partial charge >= 0.3 is 6.09 Å². The van der Waals surface area contributed by atoms with Gasteiger partial charge in [0.15, 0.2) is 5.82 Å². The molecule has 1 aliphatic heterocycles. The van der Waals surface area contributed by atoms with Crippen LogP contribution >= 0.6 is 0 Å². The summed E-state index contributed by atoms with van der Waals surface area (Å²) in [5.41, 5.74) is 7.35. The number of piperazine rings is 1. The van der Waals surface area contributed by atoms with Gasteiger partial charge in [-0.05, 0) is 51.8 Å². The van der Waals surface area contributed by atoms with Crippen molar-refractivity contribution in [1.82, 2.24) is 15.1 Å². The number of carbonyl (C=O) groups is 1. The molecular formula is C21H27N5O3. The Morgan fingerprint density at radius 3 is 2.59 bits per heavy atom. The summed E-state index contributed by atoms with van der Waals surface area (Å²) in [5, 5.41) is 18.4. The number of nitrogens with two attached hydrogens (primary N) is 1. The van der Waals surface area contributed by atoms with E-state index < -0.39 is 5.60 Å². The molecule has 2 heterocycles. The molecule has 154 valence electrons. The summed E-state index contributed by atoms with van der Waals surface area (Å²) in [6.07, 6.45) is 1.62. The second kappa shape index (κ2) is 6.79. The molecule has 2 aliphatic rings. The number of anilines is 2. The van der Waals surface area contributed by atoms with Gasteiger partial charge in [0.2, 0.25) is 0 Å². The van der Waals surface area contributed by atoms with E-state index in [-0.39, 0.29) is 17.4 Å². The number of rotatable bonds is 2. The lowest BCUT2D eigenvalue weighted by atomic mass is 10.1. The molecule has 8 nitrogen and oxygen atoms in total. The lowest BCUT2D eigenvalue weighted by Gasteiger charge is -2.43. The van der Waals surface area contributed by atoms with E-state index in [0.717, 1.165) is 18.5 Å².